The van der Waals surface area contributed by atoms with E-state index in [0.717, 1.165) is 33.4 Å². The zero-order chi connectivity index (χ0) is 43.0. The molecule has 0 unspecified atom stereocenters. The molecule has 0 aromatic heterocycles. The molecule has 0 amide bonds. The minimum absolute atomic E-state index is 0.00308. The number of rotatable bonds is 8. The zero-order valence-corrected chi connectivity index (χ0v) is 36.1. The molecule has 4 N–H and O–H groups in total. The summed E-state index contributed by atoms with van der Waals surface area (Å²) in [5.74, 6) is 1.96. The second-order valence-corrected chi connectivity index (χ2v) is 18.0. The van der Waals surface area contributed by atoms with Crippen molar-refractivity contribution >= 4 is 22.8 Å². The number of allylic oxidation sites excluding steroid dienone is 4. The van der Waals surface area contributed by atoms with Gasteiger partial charge in [-0.2, -0.15) is 0 Å². The largest absolute Gasteiger partial charge is 0.507 e. The molecular weight excluding hydrogens is 757 g/mol. The van der Waals surface area contributed by atoms with Gasteiger partial charge in [0, 0.05) is 22.3 Å². The van der Waals surface area contributed by atoms with Crippen LogP contribution < -0.4 is 18.9 Å². The van der Waals surface area contributed by atoms with E-state index in [1.807, 2.05) is 77.9 Å². The summed E-state index contributed by atoms with van der Waals surface area (Å²) in [6.45, 7) is 19.3. The number of phenolic OH excluding ortho intramolecular Hbond substituents is 2. The third kappa shape index (κ3) is 7.36. The van der Waals surface area contributed by atoms with Crippen LogP contribution in [-0.2, 0) is 12.8 Å². The van der Waals surface area contributed by atoms with Crippen LogP contribution in [0.2, 0.25) is 0 Å². The first-order valence-electron chi connectivity index (χ1n) is 20.5. The smallest absolute Gasteiger partial charge is 0.171 e. The van der Waals surface area contributed by atoms with E-state index in [4.69, 9.17) is 28.9 Å². The summed E-state index contributed by atoms with van der Waals surface area (Å²) in [6, 6.07) is 15.0. The van der Waals surface area contributed by atoms with Crippen LogP contribution in [0.4, 0.5) is 0 Å². The van der Waals surface area contributed by atoms with Crippen molar-refractivity contribution in [3.63, 3.8) is 0 Å². The molecule has 2 atom stereocenters. The predicted octanol–water partition coefficient (Wildman–Crippen LogP) is 9.08. The van der Waals surface area contributed by atoms with E-state index >= 15 is 0 Å². The van der Waals surface area contributed by atoms with E-state index in [1.165, 1.54) is 0 Å². The first kappa shape index (κ1) is 40.9. The fourth-order valence-corrected chi connectivity index (χ4v) is 8.11. The molecule has 0 radical (unpaired) electrons. The van der Waals surface area contributed by atoms with Gasteiger partial charge >= 0.3 is 0 Å². The number of benzene rings is 4. The van der Waals surface area contributed by atoms with Gasteiger partial charge in [0.2, 0.25) is 0 Å². The molecule has 0 saturated heterocycles. The lowest BCUT2D eigenvalue weighted by Crippen LogP contribution is -2.46. The number of aryl methyl sites for hydroxylation is 2. The minimum atomic E-state index is -1.20. The third-order valence-corrected chi connectivity index (χ3v) is 11.4. The summed E-state index contributed by atoms with van der Waals surface area (Å²) >= 11 is 0. The number of phenols is 2. The Hall–Kier alpha value is -5.84. The molecule has 4 heterocycles. The Morgan fingerprint density at radius 1 is 0.617 bits per heavy atom. The van der Waals surface area contributed by atoms with Crippen molar-refractivity contribution in [2.75, 3.05) is 13.2 Å². The molecule has 4 aliphatic rings. The van der Waals surface area contributed by atoms with E-state index in [-0.39, 0.29) is 24.7 Å². The Kier molecular flexibility index (Phi) is 10.2. The maximum Gasteiger partial charge on any atom is 0.171 e. The number of aromatic hydroxyl groups is 2. The topological polar surface area (TPSA) is 143 Å². The van der Waals surface area contributed by atoms with Crippen LogP contribution in [-0.4, -0.2) is 68.5 Å². The quantitative estimate of drug-likeness (QED) is 0.129. The monoisotopic (exact) mass is 810 g/mol. The van der Waals surface area contributed by atoms with Crippen molar-refractivity contribution in [1.82, 2.24) is 0 Å². The van der Waals surface area contributed by atoms with Crippen LogP contribution in [0.1, 0.15) is 111 Å². The number of aliphatic imine (C=N–C) groups is 2. The summed E-state index contributed by atoms with van der Waals surface area (Å²) in [6.07, 6.45) is 4.07. The van der Waals surface area contributed by atoms with Crippen molar-refractivity contribution in [3.05, 3.63) is 127 Å². The lowest BCUT2D eigenvalue weighted by molar-refractivity contribution is -0.0655. The van der Waals surface area contributed by atoms with Gasteiger partial charge in [-0.25, -0.2) is 9.98 Å². The van der Waals surface area contributed by atoms with Gasteiger partial charge in [0.05, 0.1) is 33.8 Å². The summed E-state index contributed by atoms with van der Waals surface area (Å²) in [4.78, 5) is 10.8. The Morgan fingerprint density at radius 2 is 1.00 bits per heavy atom. The highest BCUT2D eigenvalue weighted by Gasteiger charge is 2.41. The minimum Gasteiger partial charge on any atom is -0.507 e. The highest BCUT2D eigenvalue weighted by atomic mass is 16.6. The van der Waals surface area contributed by atoms with Crippen molar-refractivity contribution in [3.8, 4) is 34.5 Å². The van der Waals surface area contributed by atoms with Gasteiger partial charge in [-0.15, -0.1) is 0 Å². The van der Waals surface area contributed by atoms with Crippen molar-refractivity contribution in [1.29, 1.82) is 0 Å². The number of fused-ring (bicyclic) bond motifs is 4. The molecular formula is C50H54N2O8. The van der Waals surface area contributed by atoms with Gasteiger partial charge in [-0.3, -0.25) is 0 Å². The fourth-order valence-electron chi connectivity index (χ4n) is 8.11. The van der Waals surface area contributed by atoms with Gasteiger partial charge in [0.1, 0.15) is 36.1 Å². The molecule has 0 aliphatic carbocycles. The normalized spacial score (nSPS) is 19.0. The van der Waals surface area contributed by atoms with Crippen LogP contribution >= 0.6 is 0 Å². The van der Waals surface area contributed by atoms with Crippen molar-refractivity contribution < 1.29 is 39.4 Å². The van der Waals surface area contributed by atoms with Crippen LogP contribution in [0.3, 0.4) is 0 Å². The standard InChI is InChI=1S/C50H54N2O8/c1-25(2)11-13-29-15-17-33(53)41-39(29)43(31-19-27(5)21-35-47(31)59-37(23-57-35)49(7,8)55)51-45(41)46-42-34(54)18-16-30(14-12-26(3)4)40(42)44(52-46)32-20-28(6)22-36-48(32)60-38(24-58-36)50(9,10)56/h11-12,15-22,37-38,53-56H,13-14,23-24H2,1-10H3/t37-,38-/m0/s1. The highest BCUT2D eigenvalue weighted by molar-refractivity contribution is 6.29. The average Bonchev–Trinajstić information content (AvgIpc) is 3.77. The van der Waals surface area contributed by atoms with E-state index in [9.17, 15) is 20.4 Å². The first-order chi connectivity index (χ1) is 28.3. The van der Waals surface area contributed by atoms with Gasteiger partial charge in [-0.1, -0.05) is 35.4 Å². The van der Waals surface area contributed by atoms with Crippen LogP contribution in [0.25, 0.3) is 11.4 Å². The lowest BCUT2D eigenvalue weighted by atomic mass is 9.88. The molecule has 10 heteroatoms. The summed E-state index contributed by atoms with van der Waals surface area (Å²) < 4.78 is 25.7. The maximum atomic E-state index is 12.0. The first-order valence-corrected chi connectivity index (χ1v) is 20.5. The van der Waals surface area contributed by atoms with Crippen LogP contribution in [0.5, 0.6) is 34.5 Å². The highest BCUT2D eigenvalue weighted by Crippen LogP contribution is 2.52. The van der Waals surface area contributed by atoms with E-state index < -0.39 is 23.4 Å². The Labute approximate surface area is 351 Å². The second kappa shape index (κ2) is 15.0. The van der Waals surface area contributed by atoms with Gasteiger partial charge in [-0.05, 0) is 141 Å². The molecule has 10 nitrogen and oxygen atoms in total. The van der Waals surface area contributed by atoms with Crippen molar-refractivity contribution in [2.45, 2.75) is 105 Å². The molecule has 0 bridgehead atoms. The van der Waals surface area contributed by atoms with Gasteiger partial charge < -0.3 is 39.4 Å². The van der Waals surface area contributed by atoms with Gasteiger partial charge in [0.25, 0.3) is 0 Å². The number of hydrogen-bond acceptors (Lipinski definition) is 10. The Balaban J connectivity index is 1.46. The average molecular weight is 811 g/mol. The summed E-state index contributed by atoms with van der Waals surface area (Å²) in [7, 11) is 0. The van der Waals surface area contributed by atoms with E-state index in [1.54, 1.807) is 39.8 Å². The Bertz CT molecular complexity index is 2430. The molecule has 4 aliphatic heterocycles. The van der Waals surface area contributed by atoms with Crippen LogP contribution in [0.15, 0.2) is 81.8 Å². The Morgan fingerprint density at radius 3 is 1.35 bits per heavy atom. The van der Waals surface area contributed by atoms with E-state index in [0.29, 0.717) is 92.0 Å². The zero-order valence-electron chi connectivity index (χ0n) is 36.1. The third-order valence-electron chi connectivity index (χ3n) is 11.4. The lowest BCUT2D eigenvalue weighted by Gasteiger charge is -2.35. The molecule has 60 heavy (non-hydrogen) atoms. The molecule has 0 saturated carbocycles. The van der Waals surface area contributed by atoms with Gasteiger partial charge in [0.15, 0.2) is 35.2 Å². The van der Waals surface area contributed by atoms with E-state index in [2.05, 4.69) is 12.2 Å². The maximum absolute atomic E-state index is 12.0. The number of hydrogen-bond donors (Lipinski definition) is 4. The molecule has 4 aromatic rings. The molecule has 4 aromatic carbocycles. The molecule has 0 fully saturated rings. The predicted molar refractivity (Wildman–Crippen MR) is 235 cm³/mol. The summed E-state index contributed by atoms with van der Waals surface area (Å²) in [5, 5.41) is 46.0. The second-order valence-electron chi connectivity index (χ2n) is 18.0. The number of aliphatic hydroxyl groups is 2. The fraction of sp³-hybridized carbons (Fsp3) is 0.360. The molecule has 0 spiro atoms. The van der Waals surface area contributed by atoms with Crippen LogP contribution in [0, 0.1) is 13.8 Å². The van der Waals surface area contributed by atoms with Crippen molar-refractivity contribution in [2.24, 2.45) is 9.98 Å². The number of nitrogens with zero attached hydrogens (tertiary/aromatic N) is 2. The SMILES string of the molecule is CC(C)=CCc1ccc(O)c2c1C(c1cc(C)cc3c1O[C@H](C(C)(C)O)CO3)=NC2=C1N=C(c2cc(C)cc3c2O[C@H](C(C)(C)O)CO3)c2c(CC=C(C)C)ccc(O)c21. The molecule has 312 valence electrons. The number of ether oxygens (including phenoxy) is 4. The molecule has 8 rings (SSSR count). The summed E-state index contributed by atoms with van der Waals surface area (Å²) in [5.41, 5.74) is 9.02.